The Bertz CT molecular complexity index is 825. The molecule has 2 aromatic carbocycles. The molecule has 1 N–H and O–H groups in total. The highest BCUT2D eigenvalue weighted by Crippen LogP contribution is 2.33. The van der Waals surface area contributed by atoms with Crippen LogP contribution in [-0.2, 0) is 4.79 Å². The minimum atomic E-state index is -0.594. The molecule has 1 amide bonds. The molecule has 7 nitrogen and oxygen atoms in total. The minimum absolute atomic E-state index is 0.0179. The molecule has 26 heavy (non-hydrogen) atoms. The number of carbonyl (C=O) groups excluding carboxylic acids is 1. The number of carbonyl (C=O) groups is 1. The Hall–Kier alpha value is -2.80. The highest BCUT2D eigenvalue weighted by Gasteiger charge is 2.18. The molecule has 0 heterocycles. The van der Waals surface area contributed by atoms with Gasteiger partial charge in [-0.2, -0.15) is 0 Å². The van der Waals surface area contributed by atoms with E-state index in [-0.39, 0.29) is 29.0 Å². The first-order chi connectivity index (χ1) is 12.3. The number of methoxy groups -OCH3 is 2. The van der Waals surface area contributed by atoms with Gasteiger partial charge in [-0.1, -0.05) is 24.6 Å². The van der Waals surface area contributed by atoms with Crippen LogP contribution in [0.1, 0.15) is 24.8 Å². The Labute approximate surface area is 156 Å². The molecule has 8 heteroatoms. The quantitative estimate of drug-likeness (QED) is 0.569. The number of benzene rings is 2. The van der Waals surface area contributed by atoms with Crippen LogP contribution >= 0.6 is 11.6 Å². The van der Waals surface area contributed by atoms with Gasteiger partial charge in [0.2, 0.25) is 5.91 Å². The van der Waals surface area contributed by atoms with Crippen molar-refractivity contribution in [3.8, 4) is 11.5 Å². The van der Waals surface area contributed by atoms with E-state index in [0.29, 0.717) is 17.2 Å². The summed E-state index contributed by atoms with van der Waals surface area (Å²) in [4.78, 5) is 22.6. The van der Waals surface area contributed by atoms with E-state index in [0.717, 1.165) is 5.56 Å². The third kappa shape index (κ3) is 4.64. The van der Waals surface area contributed by atoms with Crippen molar-refractivity contribution in [2.75, 3.05) is 19.5 Å². The molecule has 2 aromatic rings. The van der Waals surface area contributed by atoms with Crippen molar-refractivity contribution < 1.29 is 19.2 Å². The largest absolute Gasteiger partial charge is 0.497 e. The number of nitro groups is 1. The minimum Gasteiger partial charge on any atom is -0.497 e. The lowest BCUT2D eigenvalue weighted by Gasteiger charge is -2.16. The average Bonchev–Trinajstić information content (AvgIpc) is 2.62. The Morgan fingerprint density at radius 1 is 1.23 bits per heavy atom. The van der Waals surface area contributed by atoms with Crippen LogP contribution in [0.4, 0.5) is 11.4 Å². The molecule has 1 unspecified atom stereocenters. The molecule has 0 aliphatic carbocycles. The van der Waals surface area contributed by atoms with Crippen LogP contribution in [0.25, 0.3) is 0 Å². The van der Waals surface area contributed by atoms with Gasteiger partial charge in [-0.3, -0.25) is 14.9 Å². The predicted octanol–water partition coefficient (Wildman–Crippen LogP) is 4.40. The van der Waals surface area contributed by atoms with Crippen molar-refractivity contribution in [2.45, 2.75) is 19.3 Å². The molecule has 0 saturated heterocycles. The van der Waals surface area contributed by atoms with E-state index in [4.69, 9.17) is 21.1 Å². The van der Waals surface area contributed by atoms with E-state index >= 15 is 0 Å². The van der Waals surface area contributed by atoms with Crippen molar-refractivity contribution in [3.63, 3.8) is 0 Å². The second-order valence-corrected chi connectivity index (χ2v) is 6.09. The summed E-state index contributed by atoms with van der Waals surface area (Å²) >= 11 is 5.77. The van der Waals surface area contributed by atoms with Crippen LogP contribution in [0.15, 0.2) is 36.4 Å². The van der Waals surface area contributed by atoms with Gasteiger partial charge < -0.3 is 14.8 Å². The van der Waals surface area contributed by atoms with Gasteiger partial charge in [0, 0.05) is 24.2 Å². The number of amides is 1. The zero-order valence-corrected chi connectivity index (χ0v) is 15.4. The number of nitrogens with zero attached hydrogens (tertiary/aromatic N) is 1. The van der Waals surface area contributed by atoms with Gasteiger partial charge in [0.25, 0.3) is 5.69 Å². The van der Waals surface area contributed by atoms with Crippen LogP contribution in [0.3, 0.4) is 0 Å². The van der Waals surface area contributed by atoms with E-state index in [1.807, 2.05) is 13.0 Å². The average molecular weight is 379 g/mol. The third-order valence-electron chi connectivity index (χ3n) is 3.89. The summed E-state index contributed by atoms with van der Waals surface area (Å²) in [5.74, 6) is 0.896. The van der Waals surface area contributed by atoms with Crippen LogP contribution in [0.5, 0.6) is 11.5 Å². The maximum Gasteiger partial charge on any atom is 0.289 e. The lowest BCUT2D eigenvalue weighted by atomic mass is 9.96. The summed E-state index contributed by atoms with van der Waals surface area (Å²) in [6, 6.07) is 9.54. The normalized spacial score (nSPS) is 11.5. The highest BCUT2D eigenvalue weighted by atomic mass is 35.5. The van der Waals surface area contributed by atoms with Gasteiger partial charge in [0.15, 0.2) is 0 Å². The SMILES string of the molecule is COc1ccc(C(C)CC(=O)Nc2ccc(Cl)c([N+](=O)[O-])c2)c(OC)c1. The molecule has 0 aliphatic heterocycles. The fraction of sp³-hybridized carbons (Fsp3) is 0.278. The van der Waals surface area contributed by atoms with Crippen LogP contribution in [-0.4, -0.2) is 25.1 Å². The number of nitro benzene ring substituents is 1. The van der Waals surface area contributed by atoms with Gasteiger partial charge in [0.05, 0.1) is 19.1 Å². The molecular weight excluding hydrogens is 360 g/mol. The molecule has 0 aliphatic rings. The van der Waals surface area contributed by atoms with Crippen molar-refractivity contribution >= 4 is 28.9 Å². The summed E-state index contributed by atoms with van der Waals surface area (Å²) in [7, 11) is 3.12. The zero-order chi connectivity index (χ0) is 19.3. The number of hydrogen-bond donors (Lipinski definition) is 1. The topological polar surface area (TPSA) is 90.7 Å². The molecule has 0 fully saturated rings. The third-order valence-corrected chi connectivity index (χ3v) is 4.21. The fourth-order valence-corrected chi connectivity index (χ4v) is 2.74. The van der Waals surface area contributed by atoms with Crippen molar-refractivity contribution in [1.82, 2.24) is 0 Å². The van der Waals surface area contributed by atoms with Crippen LogP contribution in [0.2, 0.25) is 5.02 Å². The second kappa shape index (κ2) is 8.53. The van der Waals surface area contributed by atoms with Crippen LogP contribution in [0, 0.1) is 10.1 Å². The Kier molecular flexibility index (Phi) is 6.41. The summed E-state index contributed by atoms with van der Waals surface area (Å²) in [6.45, 7) is 1.90. The molecule has 0 spiro atoms. The number of halogens is 1. The highest BCUT2D eigenvalue weighted by molar-refractivity contribution is 6.32. The molecule has 2 rings (SSSR count). The van der Waals surface area contributed by atoms with E-state index in [1.165, 1.54) is 18.2 Å². The maximum atomic E-state index is 12.3. The number of hydrogen-bond acceptors (Lipinski definition) is 5. The first-order valence-corrected chi connectivity index (χ1v) is 8.19. The second-order valence-electron chi connectivity index (χ2n) is 5.68. The van der Waals surface area contributed by atoms with Gasteiger partial charge in [0.1, 0.15) is 16.5 Å². The molecule has 0 radical (unpaired) electrons. The Balaban J connectivity index is 2.10. The predicted molar refractivity (Wildman–Crippen MR) is 99.3 cm³/mol. The Morgan fingerprint density at radius 3 is 2.58 bits per heavy atom. The first kappa shape index (κ1) is 19.5. The summed E-state index contributed by atoms with van der Waals surface area (Å²) < 4.78 is 10.5. The number of anilines is 1. The van der Waals surface area contributed by atoms with Gasteiger partial charge in [-0.15, -0.1) is 0 Å². The van der Waals surface area contributed by atoms with Gasteiger partial charge in [-0.05, 0) is 29.7 Å². The molecule has 0 aromatic heterocycles. The lowest BCUT2D eigenvalue weighted by Crippen LogP contribution is -2.15. The number of nitrogens with one attached hydrogen (secondary N) is 1. The van der Waals surface area contributed by atoms with E-state index in [2.05, 4.69) is 5.32 Å². The summed E-state index contributed by atoms with van der Waals surface area (Å²) in [5.41, 5.74) is 0.930. The first-order valence-electron chi connectivity index (χ1n) is 7.81. The van der Waals surface area contributed by atoms with Crippen LogP contribution < -0.4 is 14.8 Å². The smallest absolute Gasteiger partial charge is 0.289 e. The van der Waals surface area contributed by atoms with Crippen molar-refractivity contribution in [2.24, 2.45) is 0 Å². The van der Waals surface area contributed by atoms with E-state index in [1.54, 1.807) is 26.4 Å². The summed E-state index contributed by atoms with van der Waals surface area (Å²) in [6.07, 6.45) is 0.180. The Morgan fingerprint density at radius 2 is 1.96 bits per heavy atom. The maximum absolute atomic E-state index is 12.3. The summed E-state index contributed by atoms with van der Waals surface area (Å²) in [5, 5.41) is 13.6. The zero-order valence-electron chi connectivity index (χ0n) is 14.6. The van der Waals surface area contributed by atoms with Gasteiger partial charge in [-0.25, -0.2) is 0 Å². The fourth-order valence-electron chi connectivity index (χ4n) is 2.56. The molecular formula is C18H19ClN2O5. The van der Waals surface area contributed by atoms with Crippen molar-refractivity contribution in [1.29, 1.82) is 0 Å². The lowest BCUT2D eigenvalue weighted by molar-refractivity contribution is -0.384. The van der Waals surface area contributed by atoms with E-state index < -0.39 is 4.92 Å². The molecule has 0 saturated carbocycles. The molecule has 0 bridgehead atoms. The van der Waals surface area contributed by atoms with Crippen molar-refractivity contribution in [3.05, 3.63) is 57.1 Å². The molecule has 1 atom stereocenters. The molecule has 138 valence electrons. The number of ether oxygens (including phenoxy) is 2. The van der Waals surface area contributed by atoms with Gasteiger partial charge >= 0.3 is 0 Å². The standard InChI is InChI=1S/C18H19ClN2O5/c1-11(14-6-5-13(25-2)10-17(14)26-3)8-18(22)20-12-4-7-15(19)16(9-12)21(23)24/h4-7,9-11H,8H2,1-3H3,(H,20,22). The van der Waals surface area contributed by atoms with E-state index in [9.17, 15) is 14.9 Å². The number of rotatable bonds is 7. The monoisotopic (exact) mass is 378 g/mol.